The zero-order chi connectivity index (χ0) is 13.9. The minimum absolute atomic E-state index is 0.285. The lowest BCUT2D eigenvalue weighted by Crippen LogP contribution is -1.79. The Morgan fingerprint density at radius 1 is 1.20 bits per heavy atom. The second-order valence-corrected chi connectivity index (χ2v) is 4.17. The molecule has 0 atom stereocenters. The fourth-order valence-corrected chi connectivity index (χ4v) is 1.87. The van der Waals surface area contributed by atoms with E-state index < -0.39 is 0 Å². The Morgan fingerprint density at radius 2 is 2.10 bits per heavy atom. The molecule has 0 bridgehead atoms. The smallest absolute Gasteiger partial charge is 0.270 e. The molecule has 96 valence electrons. The van der Waals surface area contributed by atoms with E-state index in [9.17, 15) is 4.39 Å². The maximum Gasteiger partial charge on any atom is 0.270 e. The predicted octanol–water partition coefficient (Wildman–Crippen LogP) is 3.82. The van der Waals surface area contributed by atoms with Crippen LogP contribution in [0.3, 0.4) is 0 Å². The van der Waals surface area contributed by atoms with E-state index in [1.54, 1.807) is 36.4 Å². The largest absolute Gasteiger partial charge is 0.361 e. The van der Waals surface area contributed by atoms with Crippen LogP contribution in [0.4, 0.5) is 10.2 Å². The topological polar surface area (TPSA) is 45.9 Å². The highest BCUT2D eigenvalue weighted by Gasteiger charge is 2.08. The van der Waals surface area contributed by atoms with Crippen molar-refractivity contribution in [1.82, 2.24) is 15.2 Å². The van der Waals surface area contributed by atoms with Crippen molar-refractivity contribution in [2.45, 2.75) is 0 Å². The molecular weight excluding hydrogens is 255 g/mol. The van der Waals surface area contributed by atoms with Gasteiger partial charge in [0.25, 0.3) is 5.82 Å². The lowest BCUT2D eigenvalue weighted by atomic mass is 10.2. The summed E-state index contributed by atoms with van der Waals surface area (Å²) in [6, 6.07) is 9.67. The molecule has 0 unspecified atom stereocenters. The van der Waals surface area contributed by atoms with Gasteiger partial charge in [0.05, 0.1) is 0 Å². The molecule has 0 saturated heterocycles. The highest BCUT2D eigenvalue weighted by Crippen LogP contribution is 2.19. The lowest BCUT2D eigenvalue weighted by Gasteiger charge is -1.92. The van der Waals surface area contributed by atoms with Gasteiger partial charge in [-0.05, 0) is 35.9 Å². The van der Waals surface area contributed by atoms with E-state index in [1.807, 2.05) is 0 Å². The Kier molecular flexibility index (Phi) is 2.98. The van der Waals surface area contributed by atoms with Crippen LogP contribution in [0.2, 0.25) is 0 Å². The number of hydrogen-bond donors (Lipinski definition) is 1. The van der Waals surface area contributed by atoms with Crippen molar-refractivity contribution >= 4 is 29.0 Å². The van der Waals surface area contributed by atoms with Gasteiger partial charge in [0.15, 0.2) is 0 Å². The Morgan fingerprint density at radius 3 is 2.90 bits per heavy atom. The first-order chi connectivity index (χ1) is 9.76. The van der Waals surface area contributed by atoms with Crippen LogP contribution in [0.15, 0.2) is 36.4 Å². The van der Waals surface area contributed by atoms with Gasteiger partial charge in [-0.1, -0.05) is 24.8 Å². The Labute approximate surface area is 114 Å². The van der Waals surface area contributed by atoms with E-state index in [0.717, 1.165) is 11.1 Å². The third kappa shape index (κ3) is 2.27. The monoisotopic (exact) mass is 264 g/mol. The van der Waals surface area contributed by atoms with Gasteiger partial charge in [0, 0.05) is 0 Å². The summed E-state index contributed by atoms with van der Waals surface area (Å²) in [5, 5.41) is 6.98. The number of aromatic nitrogens is 3. The Balaban J connectivity index is 2.00. The number of H-pyrrole nitrogens is 1. The number of hydrogen-bond acceptors (Lipinski definition) is 2. The van der Waals surface area contributed by atoms with Gasteiger partial charge in [-0.2, -0.15) is 5.10 Å². The number of fused-ring (bicyclic) bond motifs is 1. The van der Waals surface area contributed by atoms with Crippen molar-refractivity contribution in [2.24, 2.45) is 0 Å². The predicted molar refractivity (Wildman–Crippen MR) is 75.5 cm³/mol. The summed E-state index contributed by atoms with van der Waals surface area (Å²) in [5.41, 5.74) is 2.75. The van der Waals surface area contributed by atoms with Crippen LogP contribution >= 0.6 is 0 Å². The SMILES string of the molecule is [C-]#[N+]c1ccc2[nH]nc(C=Cc3cccc(F)c3)c2n1. The number of aromatic amines is 1. The third-order valence-electron chi connectivity index (χ3n) is 2.82. The number of halogens is 1. The summed E-state index contributed by atoms with van der Waals surface area (Å²) in [6.07, 6.45) is 3.50. The number of nitrogens with one attached hydrogen (secondary N) is 1. The normalized spacial score (nSPS) is 11.0. The van der Waals surface area contributed by atoms with Gasteiger partial charge in [-0.3, -0.25) is 5.10 Å². The van der Waals surface area contributed by atoms with E-state index in [0.29, 0.717) is 17.0 Å². The molecule has 0 aliphatic carbocycles. The molecule has 1 aromatic carbocycles. The summed E-state index contributed by atoms with van der Waals surface area (Å²) < 4.78 is 13.1. The van der Waals surface area contributed by atoms with Gasteiger partial charge in [0.2, 0.25) is 5.52 Å². The van der Waals surface area contributed by atoms with Gasteiger partial charge in [0.1, 0.15) is 17.0 Å². The fraction of sp³-hybridized carbons (Fsp3) is 0. The third-order valence-corrected chi connectivity index (χ3v) is 2.82. The van der Waals surface area contributed by atoms with Crippen molar-refractivity contribution < 1.29 is 4.39 Å². The zero-order valence-corrected chi connectivity index (χ0v) is 10.3. The highest BCUT2D eigenvalue weighted by atomic mass is 19.1. The molecule has 4 nitrogen and oxygen atoms in total. The molecule has 0 aliphatic heterocycles. The van der Waals surface area contributed by atoms with Crippen LogP contribution < -0.4 is 0 Å². The molecule has 3 aromatic rings. The molecule has 2 aromatic heterocycles. The molecule has 2 heterocycles. The van der Waals surface area contributed by atoms with Crippen LogP contribution in [0, 0.1) is 12.4 Å². The average molecular weight is 264 g/mol. The van der Waals surface area contributed by atoms with Gasteiger partial charge in [-0.25, -0.2) is 4.39 Å². The Bertz CT molecular complexity index is 842. The second kappa shape index (κ2) is 4.94. The van der Waals surface area contributed by atoms with E-state index in [2.05, 4.69) is 20.0 Å². The molecule has 0 spiro atoms. The molecule has 0 saturated carbocycles. The van der Waals surface area contributed by atoms with E-state index in [4.69, 9.17) is 6.57 Å². The van der Waals surface area contributed by atoms with E-state index >= 15 is 0 Å². The molecule has 0 amide bonds. The summed E-state index contributed by atoms with van der Waals surface area (Å²) in [6.45, 7) is 6.97. The standard InChI is InChI=1S/C15H9FN4/c1-17-14-8-7-13-15(18-14)12(19-20-13)6-5-10-3-2-4-11(16)9-10/h2-9H,(H,19,20). The number of rotatable bonds is 2. The van der Waals surface area contributed by atoms with Crippen LogP contribution in [0.5, 0.6) is 0 Å². The molecular formula is C15H9FN4. The van der Waals surface area contributed by atoms with Crippen LogP contribution in [-0.4, -0.2) is 15.2 Å². The van der Waals surface area contributed by atoms with Crippen LogP contribution in [-0.2, 0) is 0 Å². The minimum atomic E-state index is -0.285. The molecule has 5 heteroatoms. The molecule has 0 radical (unpaired) electrons. The molecule has 20 heavy (non-hydrogen) atoms. The fourth-order valence-electron chi connectivity index (χ4n) is 1.87. The van der Waals surface area contributed by atoms with Crippen molar-refractivity contribution in [2.75, 3.05) is 0 Å². The molecule has 1 N–H and O–H groups in total. The summed E-state index contributed by atoms with van der Waals surface area (Å²) in [4.78, 5) is 7.51. The van der Waals surface area contributed by atoms with Gasteiger partial charge < -0.3 is 4.85 Å². The van der Waals surface area contributed by atoms with E-state index in [1.165, 1.54) is 12.1 Å². The summed E-state index contributed by atoms with van der Waals surface area (Å²) >= 11 is 0. The number of nitrogens with zero attached hydrogens (tertiary/aromatic N) is 3. The van der Waals surface area contributed by atoms with Crippen molar-refractivity contribution in [3.05, 3.63) is 64.9 Å². The lowest BCUT2D eigenvalue weighted by molar-refractivity contribution is 0.627. The second-order valence-electron chi connectivity index (χ2n) is 4.17. The van der Waals surface area contributed by atoms with Crippen molar-refractivity contribution in [3.63, 3.8) is 0 Å². The van der Waals surface area contributed by atoms with Gasteiger partial charge in [-0.15, -0.1) is 4.98 Å². The number of benzene rings is 1. The van der Waals surface area contributed by atoms with Crippen LogP contribution in [0.25, 0.3) is 28.0 Å². The molecule has 0 fully saturated rings. The zero-order valence-electron chi connectivity index (χ0n) is 10.3. The van der Waals surface area contributed by atoms with Gasteiger partial charge >= 0.3 is 0 Å². The minimum Gasteiger partial charge on any atom is -0.361 e. The molecule has 0 aliphatic rings. The highest BCUT2D eigenvalue weighted by molar-refractivity contribution is 5.87. The maximum atomic E-state index is 13.1. The van der Waals surface area contributed by atoms with Crippen molar-refractivity contribution in [3.8, 4) is 0 Å². The van der Waals surface area contributed by atoms with E-state index in [-0.39, 0.29) is 5.82 Å². The Hall–Kier alpha value is -3.00. The van der Waals surface area contributed by atoms with Crippen molar-refractivity contribution in [1.29, 1.82) is 0 Å². The quantitative estimate of drug-likeness (QED) is 0.715. The summed E-state index contributed by atoms with van der Waals surface area (Å²) in [7, 11) is 0. The summed E-state index contributed by atoms with van der Waals surface area (Å²) in [5.74, 6) is 0.0340. The number of pyridine rings is 1. The average Bonchev–Trinajstić information content (AvgIpc) is 2.87. The first-order valence-corrected chi connectivity index (χ1v) is 5.92. The van der Waals surface area contributed by atoms with Crippen LogP contribution in [0.1, 0.15) is 11.3 Å². The molecule has 3 rings (SSSR count). The first kappa shape index (κ1) is 12.1. The maximum absolute atomic E-state index is 13.1. The first-order valence-electron chi connectivity index (χ1n) is 5.92.